The van der Waals surface area contributed by atoms with Crippen LogP contribution >= 0.6 is 0 Å². The number of amides is 1. The van der Waals surface area contributed by atoms with Crippen molar-refractivity contribution in [2.45, 2.75) is 6.92 Å². The molecule has 0 aliphatic heterocycles. The molecule has 70 valence electrons. The molecule has 0 aliphatic rings. The van der Waals surface area contributed by atoms with Gasteiger partial charge in [-0.3, -0.25) is 9.59 Å². The number of nitrogens with zero attached hydrogens (tertiary/aromatic N) is 1. The Kier molecular flexibility index (Phi) is 2.84. The van der Waals surface area contributed by atoms with E-state index in [-0.39, 0.29) is 16.9 Å². The molecule has 0 unspecified atom stereocenters. The van der Waals surface area contributed by atoms with Crippen molar-refractivity contribution in [2.24, 2.45) is 0 Å². The number of pyridine rings is 1. The first-order chi connectivity index (χ1) is 6.16. The van der Waals surface area contributed by atoms with Gasteiger partial charge in [-0.25, -0.2) is 0 Å². The van der Waals surface area contributed by atoms with E-state index in [4.69, 9.17) is 0 Å². The number of carbonyl (C=O) groups excluding carboxylic acids is 1. The van der Waals surface area contributed by atoms with Crippen LogP contribution < -0.4 is 5.43 Å². The first kappa shape index (κ1) is 9.51. The molecule has 13 heavy (non-hydrogen) atoms. The van der Waals surface area contributed by atoms with Crippen LogP contribution in [0.5, 0.6) is 0 Å². The monoisotopic (exact) mass is 180 g/mol. The average molecular weight is 180 g/mol. The molecule has 0 aromatic carbocycles. The first-order valence-corrected chi connectivity index (χ1v) is 4.09. The number of nitrogens with one attached hydrogen (secondary N) is 1. The van der Waals surface area contributed by atoms with E-state index in [1.54, 1.807) is 7.05 Å². The average Bonchev–Trinajstić information content (AvgIpc) is 2.16. The summed E-state index contributed by atoms with van der Waals surface area (Å²) in [4.78, 5) is 26.9. The maximum absolute atomic E-state index is 11.5. The van der Waals surface area contributed by atoms with E-state index >= 15 is 0 Å². The summed E-state index contributed by atoms with van der Waals surface area (Å²) in [6.07, 6.45) is 2.93. The van der Waals surface area contributed by atoms with Crippen LogP contribution in [-0.4, -0.2) is 29.4 Å². The highest BCUT2D eigenvalue weighted by Crippen LogP contribution is 1.94. The molecule has 1 rings (SSSR count). The molecule has 0 saturated heterocycles. The molecule has 1 heterocycles. The van der Waals surface area contributed by atoms with Crippen molar-refractivity contribution < 1.29 is 4.79 Å². The molecule has 1 N–H and O–H groups in total. The number of aromatic amines is 1. The minimum atomic E-state index is -0.246. The van der Waals surface area contributed by atoms with Gasteiger partial charge < -0.3 is 9.88 Å². The Morgan fingerprint density at radius 3 is 2.85 bits per heavy atom. The van der Waals surface area contributed by atoms with Gasteiger partial charge >= 0.3 is 0 Å². The Bertz CT molecular complexity index is 357. The summed E-state index contributed by atoms with van der Waals surface area (Å²) < 4.78 is 0. The molecule has 1 aromatic heterocycles. The Balaban J connectivity index is 3.02. The summed E-state index contributed by atoms with van der Waals surface area (Å²) in [7, 11) is 1.66. The lowest BCUT2D eigenvalue weighted by Gasteiger charge is -2.13. The van der Waals surface area contributed by atoms with Crippen molar-refractivity contribution >= 4 is 5.91 Å². The summed E-state index contributed by atoms with van der Waals surface area (Å²) in [5.41, 5.74) is -0.0594. The van der Waals surface area contributed by atoms with E-state index in [0.717, 1.165) is 0 Å². The number of carbonyl (C=O) groups is 1. The molecule has 0 atom stereocenters. The lowest BCUT2D eigenvalue weighted by Crippen LogP contribution is -2.30. The normalized spacial score (nSPS) is 9.69. The summed E-state index contributed by atoms with van der Waals surface area (Å²) in [5, 5.41) is 0. The predicted octanol–water partition coefficient (Wildman–Crippen LogP) is 0.467. The van der Waals surface area contributed by atoms with Crippen LogP contribution in [0.4, 0.5) is 0 Å². The largest absolute Gasteiger partial charge is 0.367 e. The zero-order valence-corrected chi connectivity index (χ0v) is 7.70. The zero-order chi connectivity index (χ0) is 9.84. The highest BCUT2D eigenvalue weighted by molar-refractivity contribution is 5.93. The smallest absolute Gasteiger partial charge is 0.259 e. The third-order valence-electron chi connectivity index (χ3n) is 1.88. The van der Waals surface area contributed by atoms with Crippen LogP contribution in [0.15, 0.2) is 23.3 Å². The van der Waals surface area contributed by atoms with E-state index in [1.807, 2.05) is 6.92 Å². The molecule has 0 saturated carbocycles. The van der Waals surface area contributed by atoms with Gasteiger partial charge in [0.15, 0.2) is 5.43 Å². The Labute approximate surface area is 76.2 Å². The summed E-state index contributed by atoms with van der Waals surface area (Å²) >= 11 is 0. The predicted molar refractivity (Wildman–Crippen MR) is 49.7 cm³/mol. The molecule has 1 amide bonds. The Morgan fingerprint density at radius 2 is 2.31 bits per heavy atom. The van der Waals surface area contributed by atoms with Crippen LogP contribution in [0, 0.1) is 0 Å². The van der Waals surface area contributed by atoms with E-state index in [0.29, 0.717) is 6.54 Å². The third kappa shape index (κ3) is 1.96. The zero-order valence-electron chi connectivity index (χ0n) is 7.70. The lowest BCUT2D eigenvalue weighted by molar-refractivity contribution is 0.0801. The molecule has 0 spiro atoms. The van der Waals surface area contributed by atoms with Gasteiger partial charge in [0.2, 0.25) is 0 Å². The minimum absolute atomic E-state index is 0.187. The van der Waals surface area contributed by atoms with Gasteiger partial charge in [-0.2, -0.15) is 0 Å². The van der Waals surface area contributed by atoms with Crippen molar-refractivity contribution in [1.82, 2.24) is 9.88 Å². The standard InChI is InChI=1S/C9H12N2O2/c1-3-11(2)9(13)7-6-10-5-4-8(7)12/h4-6H,3H2,1-2H3,(H,10,12). The second-order valence-corrected chi connectivity index (χ2v) is 2.74. The molecule has 0 fully saturated rings. The van der Waals surface area contributed by atoms with Gasteiger partial charge in [-0.1, -0.05) is 0 Å². The molecule has 0 radical (unpaired) electrons. The number of aromatic nitrogens is 1. The van der Waals surface area contributed by atoms with E-state index in [2.05, 4.69) is 4.98 Å². The van der Waals surface area contributed by atoms with Gasteiger partial charge in [-0.05, 0) is 6.92 Å². The fraction of sp³-hybridized carbons (Fsp3) is 0.333. The van der Waals surface area contributed by atoms with E-state index < -0.39 is 0 Å². The SMILES string of the molecule is CCN(C)C(=O)c1c[nH]ccc1=O. The first-order valence-electron chi connectivity index (χ1n) is 4.09. The molecule has 4 nitrogen and oxygen atoms in total. The second-order valence-electron chi connectivity index (χ2n) is 2.74. The van der Waals surface area contributed by atoms with Crippen molar-refractivity contribution in [3.05, 3.63) is 34.2 Å². The number of rotatable bonds is 2. The van der Waals surface area contributed by atoms with Crippen LogP contribution in [0.3, 0.4) is 0 Å². The molecular formula is C9H12N2O2. The van der Waals surface area contributed by atoms with Crippen LogP contribution in [0.2, 0.25) is 0 Å². The fourth-order valence-electron chi connectivity index (χ4n) is 0.933. The number of hydrogen-bond donors (Lipinski definition) is 1. The van der Waals surface area contributed by atoms with Crippen LogP contribution in [-0.2, 0) is 0 Å². The molecular weight excluding hydrogens is 168 g/mol. The van der Waals surface area contributed by atoms with E-state index in [1.165, 1.54) is 23.4 Å². The molecule has 4 heteroatoms. The highest BCUT2D eigenvalue weighted by atomic mass is 16.2. The van der Waals surface area contributed by atoms with Gasteiger partial charge in [0, 0.05) is 32.1 Å². The van der Waals surface area contributed by atoms with Crippen molar-refractivity contribution in [2.75, 3.05) is 13.6 Å². The Morgan fingerprint density at radius 1 is 1.62 bits per heavy atom. The van der Waals surface area contributed by atoms with Crippen LogP contribution in [0.1, 0.15) is 17.3 Å². The lowest BCUT2D eigenvalue weighted by atomic mass is 10.2. The summed E-state index contributed by atoms with van der Waals surface area (Å²) in [5.74, 6) is -0.246. The topological polar surface area (TPSA) is 53.2 Å². The molecule has 0 aliphatic carbocycles. The number of hydrogen-bond acceptors (Lipinski definition) is 2. The third-order valence-corrected chi connectivity index (χ3v) is 1.88. The van der Waals surface area contributed by atoms with Gasteiger partial charge in [0.1, 0.15) is 5.56 Å². The summed E-state index contributed by atoms with van der Waals surface area (Å²) in [6, 6.07) is 1.34. The van der Waals surface area contributed by atoms with Gasteiger partial charge in [0.25, 0.3) is 5.91 Å². The molecule has 0 bridgehead atoms. The maximum atomic E-state index is 11.5. The second kappa shape index (κ2) is 3.89. The highest BCUT2D eigenvalue weighted by Gasteiger charge is 2.12. The number of H-pyrrole nitrogens is 1. The fourth-order valence-corrected chi connectivity index (χ4v) is 0.933. The van der Waals surface area contributed by atoms with Crippen molar-refractivity contribution in [1.29, 1.82) is 0 Å². The Hall–Kier alpha value is -1.58. The van der Waals surface area contributed by atoms with E-state index in [9.17, 15) is 9.59 Å². The minimum Gasteiger partial charge on any atom is -0.367 e. The van der Waals surface area contributed by atoms with Gasteiger partial charge in [0.05, 0.1) is 0 Å². The van der Waals surface area contributed by atoms with Crippen LogP contribution in [0.25, 0.3) is 0 Å². The van der Waals surface area contributed by atoms with Crippen molar-refractivity contribution in [3.8, 4) is 0 Å². The maximum Gasteiger partial charge on any atom is 0.259 e. The summed E-state index contributed by atoms with van der Waals surface area (Å²) in [6.45, 7) is 2.45. The molecule has 1 aromatic rings. The van der Waals surface area contributed by atoms with Gasteiger partial charge in [-0.15, -0.1) is 0 Å². The van der Waals surface area contributed by atoms with Crippen molar-refractivity contribution in [3.63, 3.8) is 0 Å². The quantitative estimate of drug-likeness (QED) is 0.719.